The minimum Gasteiger partial charge on any atom is -0.497 e. The van der Waals surface area contributed by atoms with Crippen molar-refractivity contribution < 1.29 is 14.6 Å². The van der Waals surface area contributed by atoms with Crippen LogP contribution in [0.3, 0.4) is 0 Å². The number of aliphatic hydroxyl groups is 1. The Morgan fingerprint density at radius 3 is 1.86 bits per heavy atom. The van der Waals surface area contributed by atoms with E-state index >= 15 is 0 Å². The summed E-state index contributed by atoms with van der Waals surface area (Å²) in [6, 6.07) is 15.4. The van der Waals surface area contributed by atoms with E-state index in [0.29, 0.717) is 17.7 Å². The Morgan fingerprint density at radius 2 is 1.36 bits per heavy atom. The standard InChI is InChI=1S/C21H20N4O3/c1-27-16-7-3-14(4-8-16)19-20(15-5-9-17(28-2)10-6-15)24-21-18(23-19)13-22-25(21)11-12-26/h3-10,13,26H,11-12H2,1-2H3. The van der Waals surface area contributed by atoms with Crippen LogP contribution in [0.5, 0.6) is 11.5 Å². The summed E-state index contributed by atoms with van der Waals surface area (Å²) in [6.07, 6.45) is 1.67. The minimum atomic E-state index is -0.0173. The third kappa shape index (κ3) is 3.27. The summed E-state index contributed by atoms with van der Waals surface area (Å²) >= 11 is 0. The maximum absolute atomic E-state index is 9.29. The van der Waals surface area contributed by atoms with Gasteiger partial charge in [-0.3, -0.25) is 0 Å². The molecule has 142 valence electrons. The van der Waals surface area contributed by atoms with Crippen LogP contribution in [0.1, 0.15) is 0 Å². The highest BCUT2D eigenvalue weighted by Crippen LogP contribution is 2.32. The third-order valence-corrected chi connectivity index (χ3v) is 4.51. The van der Waals surface area contributed by atoms with E-state index in [9.17, 15) is 5.11 Å². The fraction of sp³-hybridized carbons (Fsp3) is 0.190. The van der Waals surface area contributed by atoms with E-state index < -0.39 is 0 Å². The number of rotatable bonds is 6. The third-order valence-electron chi connectivity index (χ3n) is 4.51. The molecule has 0 unspecified atom stereocenters. The Hall–Kier alpha value is -3.45. The van der Waals surface area contributed by atoms with Crippen molar-refractivity contribution in [2.24, 2.45) is 0 Å². The average molecular weight is 376 g/mol. The topological polar surface area (TPSA) is 82.3 Å². The quantitative estimate of drug-likeness (QED) is 0.557. The van der Waals surface area contributed by atoms with Crippen LogP contribution in [-0.2, 0) is 6.54 Å². The van der Waals surface area contributed by atoms with Crippen LogP contribution >= 0.6 is 0 Å². The highest BCUT2D eigenvalue weighted by Gasteiger charge is 2.16. The molecule has 7 nitrogen and oxygen atoms in total. The van der Waals surface area contributed by atoms with Crippen molar-refractivity contribution in [2.75, 3.05) is 20.8 Å². The smallest absolute Gasteiger partial charge is 0.177 e. The summed E-state index contributed by atoms with van der Waals surface area (Å²) in [5.74, 6) is 1.55. The summed E-state index contributed by atoms with van der Waals surface area (Å²) in [6.45, 7) is 0.346. The van der Waals surface area contributed by atoms with Crippen molar-refractivity contribution in [3.63, 3.8) is 0 Å². The van der Waals surface area contributed by atoms with E-state index in [1.807, 2.05) is 48.5 Å². The van der Waals surface area contributed by atoms with Crippen LogP contribution in [0.15, 0.2) is 54.7 Å². The largest absolute Gasteiger partial charge is 0.497 e. The van der Waals surface area contributed by atoms with Crippen LogP contribution in [0.25, 0.3) is 33.7 Å². The number of benzene rings is 2. The lowest BCUT2D eigenvalue weighted by Crippen LogP contribution is -2.05. The van der Waals surface area contributed by atoms with Crippen LogP contribution in [0.2, 0.25) is 0 Å². The fourth-order valence-electron chi connectivity index (χ4n) is 3.05. The summed E-state index contributed by atoms with van der Waals surface area (Å²) in [5, 5.41) is 13.6. The molecule has 1 N–H and O–H groups in total. The van der Waals surface area contributed by atoms with Crippen LogP contribution in [0.4, 0.5) is 0 Å². The Morgan fingerprint density at radius 1 is 0.821 bits per heavy atom. The Kier molecular flexibility index (Phi) is 4.90. The van der Waals surface area contributed by atoms with E-state index in [4.69, 9.17) is 19.4 Å². The maximum Gasteiger partial charge on any atom is 0.177 e. The molecule has 4 aromatic rings. The van der Waals surface area contributed by atoms with Crippen molar-refractivity contribution in [3.05, 3.63) is 54.7 Å². The van der Waals surface area contributed by atoms with Crippen molar-refractivity contribution in [3.8, 4) is 34.0 Å². The molecule has 0 atom stereocenters. The number of hydrogen-bond acceptors (Lipinski definition) is 6. The van der Waals surface area contributed by atoms with Gasteiger partial charge in [0, 0.05) is 11.1 Å². The highest BCUT2D eigenvalue weighted by atomic mass is 16.5. The lowest BCUT2D eigenvalue weighted by molar-refractivity contribution is 0.271. The molecule has 4 rings (SSSR count). The van der Waals surface area contributed by atoms with E-state index in [0.717, 1.165) is 34.0 Å². The van der Waals surface area contributed by atoms with Gasteiger partial charge >= 0.3 is 0 Å². The predicted molar refractivity (Wildman–Crippen MR) is 106 cm³/mol. The van der Waals surface area contributed by atoms with Gasteiger partial charge in [0.2, 0.25) is 0 Å². The molecule has 0 fully saturated rings. The molecule has 0 aliphatic carbocycles. The van der Waals surface area contributed by atoms with E-state index in [-0.39, 0.29) is 6.61 Å². The molecule has 0 saturated carbocycles. The molecule has 2 aromatic heterocycles. The van der Waals surface area contributed by atoms with Gasteiger partial charge < -0.3 is 14.6 Å². The first-order chi connectivity index (χ1) is 13.7. The molecular weight excluding hydrogens is 356 g/mol. The number of aromatic nitrogens is 4. The zero-order chi connectivity index (χ0) is 19.5. The Bertz CT molecular complexity index is 1090. The summed E-state index contributed by atoms with van der Waals surface area (Å²) in [4.78, 5) is 9.68. The van der Waals surface area contributed by atoms with Gasteiger partial charge in [-0.25, -0.2) is 14.6 Å². The molecule has 28 heavy (non-hydrogen) atoms. The summed E-state index contributed by atoms with van der Waals surface area (Å²) in [5.41, 5.74) is 4.64. The summed E-state index contributed by atoms with van der Waals surface area (Å²) in [7, 11) is 3.27. The lowest BCUT2D eigenvalue weighted by atomic mass is 10.0. The number of hydrogen-bond donors (Lipinski definition) is 1. The monoisotopic (exact) mass is 376 g/mol. The van der Waals surface area contributed by atoms with Gasteiger partial charge in [0.05, 0.1) is 45.0 Å². The first-order valence-electron chi connectivity index (χ1n) is 8.86. The Balaban J connectivity index is 1.92. The molecule has 0 radical (unpaired) electrons. The molecule has 0 bridgehead atoms. The second kappa shape index (κ2) is 7.66. The lowest BCUT2D eigenvalue weighted by Gasteiger charge is -2.11. The van der Waals surface area contributed by atoms with Gasteiger partial charge in [-0.15, -0.1) is 0 Å². The van der Waals surface area contributed by atoms with Gasteiger partial charge in [0.25, 0.3) is 0 Å². The minimum absolute atomic E-state index is 0.0173. The SMILES string of the molecule is COc1ccc(-c2nc3cnn(CCO)c3nc2-c2ccc(OC)cc2)cc1. The fourth-order valence-corrected chi connectivity index (χ4v) is 3.05. The van der Waals surface area contributed by atoms with Gasteiger partial charge in [0.1, 0.15) is 17.0 Å². The van der Waals surface area contributed by atoms with Gasteiger partial charge in [0.15, 0.2) is 5.65 Å². The zero-order valence-corrected chi connectivity index (χ0v) is 15.7. The molecule has 0 spiro atoms. The molecule has 2 heterocycles. The maximum atomic E-state index is 9.29. The number of aliphatic hydroxyl groups excluding tert-OH is 1. The van der Waals surface area contributed by atoms with Gasteiger partial charge in [-0.2, -0.15) is 5.10 Å². The summed E-state index contributed by atoms with van der Waals surface area (Å²) < 4.78 is 12.2. The van der Waals surface area contributed by atoms with E-state index in [1.165, 1.54) is 0 Å². The number of nitrogens with zero attached hydrogens (tertiary/aromatic N) is 4. The second-order valence-corrected chi connectivity index (χ2v) is 6.18. The average Bonchev–Trinajstić information content (AvgIpc) is 3.15. The van der Waals surface area contributed by atoms with Crippen molar-refractivity contribution in [1.29, 1.82) is 0 Å². The first kappa shape index (κ1) is 17.9. The molecule has 2 aromatic carbocycles. The Labute approximate surface area is 162 Å². The molecule has 0 saturated heterocycles. The molecule has 0 aliphatic rings. The second-order valence-electron chi connectivity index (χ2n) is 6.18. The zero-order valence-electron chi connectivity index (χ0n) is 15.7. The van der Waals surface area contributed by atoms with Crippen molar-refractivity contribution in [2.45, 2.75) is 6.54 Å². The van der Waals surface area contributed by atoms with Crippen LogP contribution in [-0.4, -0.2) is 45.7 Å². The first-order valence-corrected chi connectivity index (χ1v) is 8.86. The normalized spacial score (nSPS) is 11.0. The van der Waals surface area contributed by atoms with Crippen LogP contribution in [0, 0.1) is 0 Å². The van der Waals surface area contributed by atoms with E-state index in [1.54, 1.807) is 25.1 Å². The van der Waals surface area contributed by atoms with Crippen LogP contribution < -0.4 is 9.47 Å². The molecule has 0 aliphatic heterocycles. The van der Waals surface area contributed by atoms with Crippen molar-refractivity contribution >= 4 is 11.2 Å². The molecule has 0 amide bonds. The highest BCUT2D eigenvalue weighted by molar-refractivity contribution is 5.84. The van der Waals surface area contributed by atoms with Gasteiger partial charge in [-0.05, 0) is 48.5 Å². The number of methoxy groups -OCH3 is 2. The molecule has 7 heteroatoms. The molecular formula is C21H20N4O3. The number of fused-ring (bicyclic) bond motifs is 1. The van der Waals surface area contributed by atoms with E-state index in [2.05, 4.69) is 5.10 Å². The van der Waals surface area contributed by atoms with Crippen molar-refractivity contribution in [1.82, 2.24) is 19.7 Å². The number of ether oxygens (including phenoxy) is 2. The van der Waals surface area contributed by atoms with Gasteiger partial charge in [-0.1, -0.05) is 0 Å². The predicted octanol–water partition coefficient (Wildman–Crippen LogP) is 3.17.